The Hall–Kier alpha value is -2.38. The minimum atomic E-state index is 1.09. The van der Waals surface area contributed by atoms with Crippen LogP contribution in [-0.4, -0.2) is 0 Å². The smallest absolute Gasteiger partial charge is 0.0393 e. The topological polar surface area (TPSA) is 0 Å². The summed E-state index contributed by atoms with van der Waals surface area (Å²) >= 11 is 2.12. The van der Waals surface area contributed by atoms with E-state index in [4.69, 9.17) is 0 Å². The third kappa shape index (κ3) is 1.91. The molecule has 1 heteroatoms. The van der Waals surface area contributed by atoms with Crippen molar-refractivity contribution in [3.8, 4) is 11.1 Å². The maximum Gasteiger partial charge on any atom is 0.0393 e. The highest BCUT2D eigenvalue weighted by molar-refractivity contribution is 7.19. The van der Waals surface area contributed by atoms with Gasteiger partial charge in [-0.05, 0) is 94.7 Å². The van der Waals surface area contributed by atoms with Crippen LogP contribution in [0.25, 0.3) is 38.1 Å². The lowest BCUT2D eigenvalue weighted by molar-refractivity contribution is 0.700. The Kier molecular flexibility index (Phi) is 3.09. The van der Waals surface area contributed by atoms with Crippen LogP contribution >= 0.6 is 11.3 Å². The molecule has 0 unspecified atom stereocenters. The molecule has 0 amide bonds. The van der Waals surface area contributed by atoms with Gasteiger partial charge in [0.05, 0.1) is 0 Å². The third-order valence-electron chi connectivity index (χ3n) is 7.14. The molecule has 7 rings (SSSR count). The summed E-state index contributed by atoms with van der Waals surface area (Å²) in [5.41, 5.74) is 10.8. The first kappa shape index (κ1) is 15.5. The first-order valence-corrected chi connectivity index (χ1v) is 11.5. The molecule has 0 aliphatic heterocycles. The molecule has 0 saturated heterocycles. The zero-order chi connectivity index (χ0) is 18.2. The number of hydrogen-bond donors (Lipinski definition) is 0. The summed E-state index contributed by atoms with van der Waals surface area (Å²) in [5.74, 6) is 0. The number of fused-ring (bicyclic) bond motifs is 12. The number of hydrogen-bond acceptors (Lipinski definition) is 1. The van der Waals surface area contributed by atoms with Crippen molar-refractivity contribution in [1.29, 1.82) is 0 Å². The van der Waals surface area contributed by atoms with E-state index in [1.807, 2.05) is 0 Å². The molecule has 1 aromatic heterocycles. The molecule has 0 nitrogen and oxygen atoms in total. The van der Waals surface area contributed by atoms with Gasteiger partial charge in [0.15, 0.2) is 0 Å². The average Bonchev–Trinajstić information content (AvgIpc) is 3.32. The van der Waals surface area contributed by atoms with E-state index in [0.717, 1.165) is 6.42 Å². The summed E-state index contributed by atoms with van der Waals surface area (Å²) in [7, 11) is 0. The highest BCUT2D eigenvalue weighted by atomic mass is 32.1. The van der Waals surface area contributed by atoms with Crippen LogP contribution in [0.3, 0.4) is 0 Å². The van der Waals surface area contributed by atoms with E-state index in [1.54, 1.807) is 37.0 Å². The molecule has 0 atom stereocenters. The Bertz CT molecular complexity index is 1330. The van der Waals surface area contributed by atoms with Gasteiger partial charge in [-0.3, -0.25) is 0 Å². The number of allylic oxidation sites excluding steroid dienone is 1. The van der Waals surface area contributed by atoms with Crippen LogP contribution < -0.4 is 0 Å². The number of benzene rings is 3. The molecule has 0 N–H and O–H groups in total. The predicted octanol–water partition coefficient (Wildman–Crippen LogP) is 7.46. The van der Waals surface area contributed by atoms with Crippen molar-refractivity contribution in [3.05, 3.63) is 75.2 Å². The first-order valence-electron chi connectivity index (χ1n) is 10.7. The van der Waals surface area contributed by atoms with E-state index >= 15 is 0 Å². The van der Waals surface area contributed by atoms with Crippen molar-refractivity contribution in [2.24, 2.45) is 0 Å². The maximum absolute atomic E-state index is 2.43. The van der Waals surface area contributed by atoms with Crippen LogP contribution in [0, 0.1) is 0 Å². The maximum atomic E-state index is 2.43. The van der Waals surface area contributed by atoms with Gasteiger partial charge in [-0.2, -0.15) is 0 Å². The number of aryl methyl sites for hydroxylation is 3. The summed E-state index contributed by atoms with van der Waals surface area (Å²) in [6, 6.07) is 13.8. The van der Waals surface area contributed by atoms with Gasteiger partial charge in [-0.15, -0.1) is 11.3 Å². The molecule has 0 spiro atoms. The molecule has 0 fully saturated rings. The molecule has 1 heterocycles. The molecule has 0 bridgehead atoms. The first-order chi connectivity index (χ1) is 13.9. The van der Waals surface area contributed by atoms with Crippen molar-refractivity contribution in [1.82, 2.24) is 0 Å². The van der Waals surface area contributed by atoms with Gasteiger partial charge in [0, 0.05) is 15.0 Å². The molecule has 3 aromatic carbocycles. The van der Waals surface area contributed by atoms with Crippen molar-refractivity contribution < 1.29 is 0 Å². The fourth-order valence-corrected chi connectivity index (χ4v) is 7.40. The Morgan fingerprint density at radius 3 is 2.68 bits per heavy atom. The van der Waals surface area contributed by atoms with Gasteiger partial charge in [0.25, 0.3) is 0 Å². The average molecular weight is 379 g/mol. The molecular weight excluding hydrogens is 356 g/mol. The summed E-state index contributed by atoms with van der Waals surface area (Å²) in [6.45, 7) is 0. The molecule has 0 radical (unpaired) electrons. The summed E-state index contributed by atoms with van der Waals surface area (Å²) in [5, 5.41) is 4.71. The van der Waals surface area contributed by atoms with Gasteiger partial charge in [0.2, 0.25) is 0 Å². The summed E-state index contributed by atoms with van der Waals surface area (Å²) in [6.07, 6.45) is 13.5. The van der Waals surface area contributed by atoms with Crippen LogP contribution in [0.15, 0.2) is 42.5 Å². The second-order valence-electron chi connectivity index (χ2n) is 8.60. The molecule has 4 aromatic rings. The normalized spacial score (nSPS) is 16.9. The molecule has 3 aliphatic rings. The zero-order valence-electron chi connectivity index (χ0n) is 16.0. The van der Waals surface area contributed by atoms with Crippen molar-refractivity contribution >= 4 is 38.3 Å². The van der Waals surface area contributed by atoms with Crippen molar-refractivity contribution in [2.45, 2.75) is 44.9 Å². The van der Waals surface area contributed by atoms with Gasteiger partial charge in [-0.25, -0.2) is 0 Å². The van der Waals surface area contributed by atoms with Crippen molar-refractivity contribution in [2.75, 3.05) is 0 Å². The quantitative estimate of drug-likeness (QED) is 0.262. The third-order valence-corrected chi connectivity index (χ3v) is 8.50. The van der Waals surface area contributed by atoms with Crippen LogP contribution in [-0.2, 0) is 25.7 Å². The lowest BCUT2D eigenvalue weighted by Gasteiger charge is -2.19. The van der Waals surface area contributed by atoms with Crippen LogP contribution in [0.4, 0.5) is 0 Å². The van der Waals surface area contributed by atoms with E-state index in [0.29, 0.717) is 0 Å². The minimum Gasteiger partial charge on any atom is -0.140 e. The van der Waals surface area contributed by atoms with Crippen molar-refractivity contribution in [3.63, 3.8) is 0 Å². The summed E-state index contributed by atoms with van der Waals surface area (Å²) in [4.78, 5) is 1.68. The molecule has 28 heavy (non-hydrogen) atoms. The zero-order valence-corrected chi connectivity index (χ0v) is 16.8. The SMILES string of the molecule is C1=Cc2c(c3sc4c(c3c3c5c(ccc23)-c2ccccc2C5)CCCC4)CC1. The highest BCUT2D eigenvalue weighted by Crippen LogP contribution is 2.50. The fourth-order valence-electron chi connectivity index (χ4n) is 5.92. The Morgan fingerprint density at radius 2 is 1.68 bits per heavy atom. The monoisotopic (exact) mass is 378 g/mol. The molecular formula is C27H22S. The van der Waals surface area contributed by atoms with E-state index in [-0.39, 0.29) is 0 Å². The van der Waals surface area contributed by atoms with Gasteiger partial charge >= 0.3 is 0 Å². The molecule has 136 valence electrons. The Balaban J connectivity index is 1.70. The number of thiophene rings is 1. The van der Waals surface area contributed by atoms with E-state index < -0.39 is 0 Å². The highest BCUT2D eigenvalue weighted by Gasteiger charge is 2.27. The van der Waals surface area contributed by atoms with Gasteiger partial charge < -0.3 is 0 Å². The van der Waals surface area contributed by atoms with Gasteiger partial charge in [0.1, 0.15) is 0 Å². The largest absolute Gasteiger partial charge is 0.140 e. The van der Waals surface area contributed by atoms with Crippen LogP contribution in [0.2, 0.25) is 0 Å². The Labute approximate surface area is 169 Å². The van der Waals surface area contributed by atoms with E-state index in [2.05, 4.69) is 59.9 Å². The second kappa shape index (κ2) is 5.58. The second-order valence-corrected chi connectivity index (χ2v) is 9.70. The fraction of sp³-hybridized carbons (Fsp3) is 0.259. The molecule has 3 aliphatic carbocycles. The lowest BCUT2D eigenvalue weighted by atomic mass is 9.84. The van der Waals surface area contributed by atoms with E-state index in [1.165, 1.54) is 66.2 Å². The minimum absolute atomic E-state index is 1.09. The Morgan fingerprint density at radius 1 is 0.750 bits per heavy atom. The molecule has 0 saturated carbocycles. The predicted molar refractivity (Wildman–Crippen MR) is 122 cm³/mol. The number of rotatable bonds is 0. The standard InChI is InChI=1S/C27H22S/c1-2-8-17-16(7-1)15-23-19(17)13-14-20-18-9-3-4-10-21(18)27-26(25(20)23)22-11-5-6-12-24(22)28-27/h1-3,7-9,13-14H,4-6,10-12,15H2. The van der Waals surface area contributed by atoms with Crippen LogP contribution in [0.1, 0.15) is 52.0 Å². The van der Waals surface area contributed by atoms with Crippen LogP contribution in [0.5, 0.6) is 0 Å². The van der Waals surface area contributed by atoms with Gasteiger partial charge in [-0.1, -0.05) is 48.6 Å². The summed E-state index contributed by atoms with van der Waals surface area (Å²) < 4.78 is 1.61. The lowest BCUT2D eigenvalue weighted by Crippen LogP contribution is -2.01. The van der Waals surface area contributed by atoms with E-state index in [9.17, 15) is 0 Å².